The van der Waals surface area contributed by atoms with E-state index in [0.717, 1.165) is 11.4 Å². The van der Waals surface area contributed by atoms with E-state index in [0.29, 0.717) is 24.6 Å². The van der Waals surface area contributed by atoms with Crippen molar-refractivity contribution in [1.82, 2.24) is 29.4 Å². The highest BCUT2D eigenvalue weighted by Gasteiger charge is 2.30. The van der Waals surface area contributed by atoms with Gasteiger partial charge in [0.25, 0.3) is 6.43 Å². The molecular weight excluding hydrogens is 366 g/mol. The lowest BCUT2D eigenvalue weighted by atomic mass is 10.1. The maximum absolute atomic E-state index is 12.8. The van der Waals surface area contributed by atoms with Gasteiger partial charge in [0.1, 0.15) is 12.2 Å². The molecule has 3 aromatic rings. The smallest absolute Gasteiger partial charge is 0.282 e. The standard InChI is InChI=1S/C19H20F2N6O/c1-12-8-15(18(20)21)24-26(12)11-17(28)25-9-13(2)27-16(10-25)22-23-19(27)14-6-4-3-5-7-14/h3-8,13,18H,9-11H2,1-2H3/t13-/m0/s1. The number of hydrogen-bond acceptors (Lipinski definition) is 4. The first-order valence-electron chi connectivity index (χ1n) is 9.03. The van der Waals surface area contributed by atoms with Crippen LogP contribution in [-0.4, -0.2) is 41.9 Å². The normalized spacial score (nSPS) is 16.5. The highest BCUT2D eigenvalue weighted by molar-refractivity contribution is 5.76. The van der Waals surface area contributed by atoms with Crippen molar-refractivity contribution in [3.05, 3.63) is 53.6 Å². The predicted molar refractivity (Wildman–Crippen MR) is 97.5 cm³/mol. The minimum absolute atomic E-state index is 0.00625. The maximum Gasteiger partial charge on any atom is 0.282 e. The minimum Gasteiger partial charge on any atom is -0.331 e. The minimum atomic E-state index is -2.65. The lowest BCUT2D eigenvalue weighted by Gasteiger charge is -2.32. The molecule has 2 aromatic heterocycles. The van der Waals surface area contributed by atoms with Gasteiger partial charge in [-0.25, -0.2) is 8.78 Å². The van der Waals surface area contributed by atoms with Crippen LogP contribution in [0.2, 0.25) is 0 Å². The molecule has 28 heavy (non-hydrogen) atoms. The van der Waals surface area contributed by atoms with Gasteiger partial charge in [-0.2, -0.15) is 5.10 Å². The number of amides is 1. The molecule has 0 spiro atoms. The van der Waals surface area contributed by atoms with Gasteiger partial charge in [0.15, 0.2) is 11.6 Å². The van der Waals surface area contributed by atoms with Gasteiger partial charge in [0.05, 0.1) is 12.6 Å². The Labute approximate surface area is 160 Å². The van der Waals surface area contributed by atoms with Crippen LogP contribution in [0, 0.1) is 6.92 Å². The Morgan fingerprint density at radius 2 is 2.00 bits per heavy atom. The van der Waals surface area contributed by atoms with E-state index < -0.39 is 6.43 Å². The highest BCUT2D eigenvalue weighted by Crippen LogP contribution is 2.27. The Kier molecular flexibility index (Phi) is 4.66. The number of benzene rings is 1. The second-order valence-electron chi connectivity index (χ2n) is 6.97. The van der Waals surface area contributed by atoms with Crippen molar-refractivity contribution in [2.24, 2.45) is 0 Å². The molecule has 0 saturated carbocycles. The molecule has 0 aliphatic carbocycles. The first-order valence-corrected chi connectivity index (χ1v) is 9.03. The Bertz CT molecular complexity index is 997. The van der Waals surface area contributed by atoms with Gasteiger partial charge in [-0.05, 0) is 19.9 Å². The molecule has 146 valence electrons. The van der Waals surface area contributed by atoms with Crippen molar-refractivity contribution in [3.8, 4) is 11.4 Å². The lowest BCUT2D eigenvalue weighted by Crippen LogP contribution is -2.42. The van der Waals surface area contributed by atoms with Crippen LogP contribution in [0.15, 0.2) is 36.4 Å². The second-order valence-corrected chi connectivity index (χ2v) is 6.97. The topological polar surface area (TPSA) is 68.8 Å². The summed E-state index contributed by atoms with van der Waals surface area (Å²) in [6.07, 6.45) is -2.65. The molecule has 1 atom stereocenters. The van der Waals surface area contributed by atoms with Crippen LogP contribution in [0.4, 0.5) is 8.78 Å². The highest BCUT2D eigenvalue weighted by atomic mass is 19.3. The Morgan fingerprint density at radius 3 is 2.68 bits per heavy atom. The summed E-state index contributed by atoms with van der Waals surface area (Å²) in [6, 6.07) is 11.1. The fourth-order valence-electron chi connectivity index (χ4n) is 3.53. The van der Waals surface area contributed by atoms with Gasteiger partial charge >= 0.3 is 0 Å². The number of alkyl halides is 2. The lowest BCUT2D eigenvalue weighted by molar-refractivity contribution is -0.134. The molecule has 0 unspecified atom stereocenters. The molecule has 1 aliphatic rings. The SMILES string of the molecule is Cc1cc(C(F)F)nn1CC(=O)N1Cc2nnc(-c3ccccc3)n2[C@@H](C)C1. The van der Waals surface area contributed by atoms with Crippen LogP contribution in [0.1, 0.15) is 36.6 Å². The van der Waals surface area contributed by atoms with Crippen LogP contribution in [0.5, 0.6) is 0 Å². The van der Waals surface area contributed by atoms with Gasteiger partial charge in [-0.1, -0.05) is 30.3 Å². The van der Waals surface area contributed by atoms with E-state index >= 15 is 0 Å². The number of nitrogens with zero attached hydrogens (tertiary/aromatic N) is 6. The van der Waals surface area contributed by atoms with Crippen LogP contribution in [0.25, 0.3) is 11.4 Å². The maximum atomic E-state index is 12.8. The number of fused-ring (bicyclic) bond motifs is 1. The average molecular weight is 386 g/mol. The summed E-state index contributed by atoms with van der Waals surface area (Å²) in [5, 5.41) is 12.4. The number of carbonyl (C=O) groups excluding carboxylic acids is 1. The molecule has 3 heterocycles. The van der Waals surface area contributed by atoms with Gasteiger partial charge in [0.2, 0.25) is 5.91 Å². The van der Waals surface area contributed by atoms with Gasteiger partial charge in [0, 0.05) is 17.8 Å². The zero-order valence-electron chi connectivity index (χ0n) is 15.6. The van der Waals surface area contributed by atoms with E-state index in [1.807, 2.05) is 41.8 Å². The Morgan fingerprint density at radius 1 is 1.25 bits per heavy atom. The van der Waals surface area contributed by atoms with Gasteiger partial charge in [-0.15, -0.1) is 10.2 Å². The Balaban J connectivity index is 1.53. The molecule has 1 amide bonds. The van der Waals surface area contributed by atoms with Gasteiger partial charge < -0.3 is 9.47 Å². The van der Waals surface area contributed by atoms with Crippen LogP contribution in [-0.2, 0) is 17.9 Å². The molecule has 7 nitrogen and oxygen atoms in total. The number of carbonyl (C=O) groups is 1. The van der Waals surface area contributed by atoms with Crippen molar-refractivity contribution in [2.75, 3.05) is 6.54 Å². The summed E-state index contributed by atoms with van der Waals surface area (Å²) < 4.78 is 29.0. The van der Waals surface area contributed by atoms with Crippen molar-refractivity contribution < 1.29 is 13.6 Å². The van der Waals surface area contributed by atoms with Crippen molar-refractivity contribution in [2.45, 2.75) is 39.4 Å². The van der Waals surface area contributed by atoms with E-state index in [-0.39, 0.29) is 24.2 Å². The van der Waals surface area contributed by atoms with Crippen LogP contribution >= 0.6 is 0 Å². The fraction of sp³-hybridized carbons (Fsp3) is 0.368. The quantitative estimate of drug-likeness (QED) is 0.691. The van der Waals surface area contributed by atoms with E-state index in [1.54, 1.807) is 11.8 Å². The van der Waals surface area contributed by atoms with E-state index in [2.05, 4.69) is 15.3 Å². The van der Waals surface area contributed by atoms with Gasteiger partial charge in [-0.3, -0.25) is 9.48 Å². The predicted octanol–water partition coefficient (Wildman–Crippen LogP) is 2.99. The second kappa shape index (κ2) is 7.14. The molecule has 1 aliphatic heterocycles. The summed E-state index contributed by atoms with van der Waals surface area (Å²) in [5.74, 6) is 1.30. The third kappa shape index (κ3) is 3.28. The number of halogens is 2. The largest absolute Gasteiger partial charge is 0.331 e. The van der Waals surface area contributed by atoms with E-state index in [4.69, 9.17) is 0 Å². The van der Waals surface area contributed by atoms with Crippen LogP contribution < -0.4 is 0 Å². The van der Waals surface area contributed by atoms with E-state index in [1.165, 1.54) is 10.7 Å². The number of hydrogen-bond donors (Lipinski definition) is 0. The first-order chi connectivity index (χ1) is 13.4. The van der Waals surface area contributed by atoms with Crippen molar-refractivity contribution >= 4 is 5.91 Å². The molecule has 4 rings (SSSR count). The average Bonchev–Trinajstić information content (AvgIpc) is 3.27. The first kappa shape index (κ1) is 18.3. The summed E-state index contributed by atoms with van der Waals surface area (Å²) in [5.41, 5.74) is 1.19. The van der Waals surface area contributed by atoms with Crippen molar-refractivity contribution in [3.63, 3.8) is 0 Å². The fourth-order valence-corrected chi connectivity index (χ4v) is 3.53. The summed E-state index contributed by atoms with van der Waals surface area (Å²) in [7, 11) is 0. The molecule has 0 saturated heterocycles. The summed E-state index contributed by atoms with van der Waals surface area (Å²) in [6.45, 7) is 4.41. The number of rotatable bonds is 4. The number of aromatic nitrogens is 5. The number of aryl methyl sites for hydroxylation is 1. The molecular formula is C19H20F2N6O. The zero-order chi connectivity index (χ0) is 19.8. The molecule has 0 fully saturated rings. The Hall–Kier alpha value is -3.10. The van der Waals surface area contributed by atoms with E-state index in [9.17, 15) is 13.6 Å². The third-order valence-electron chi connectivity index (χ3n) is 4.92. The molecule has 1 aromatic carbocycles. The molecule has 0 N–H and O–H groups in total. The van der Waals surface area contributed by atoms with Crippen molar-refractivity contribution in [1.29, 1.82) is 0 Å². The summed E-state index contributed by atoms with van der Waals surface area (Å²) in [4.78, 5) is 14.4. The molecule has 0 bridgehead atoms. The zero-order valence-corrected chi connectivity index (χ0v) is 15.6. The summed E-state index contributed by atoms with van der Waals surface area (Å²) >= 11 is 0. The van der Waals surface area contributed by atoms with Crippen LogP contribution in [0.3, 0.4) is 0 Å². The third-order valence-corrected chi connectivity index (χ3v) is 4.92. The molecule has 0 radical (unpaired) electrons. The molecule has 9 heteroatoms. The monoisotopic (exact) mass is 386 g/mol.